The van der Waals surface area contributed by atoms with Crippen LogP contribution in [0.5, 0.6) is 0 Å². The molecule has 0 aliphatic rings. The van der Waals surface area contributed by atoms with Crippen LogP contribution in [-0.4, -0.2) is 30.0 Å². The molecule has 0 aliphatic carbocycles. The van der Waals surface area contributed by atoms with Gasteiger partial charge in [0.05, 0.1) is 6.33 Å². The summed E-state index contributed by atoms with van der Waals surface area (Å²) in [7, 11) is 3.55. The van der Waals surface area contributed by atoms with Gasteiger partial charge in [0.1, 0.15) is 0 Å². The SMILES string of the molecule is CCCC[C@@H](C)C(=O)Nc1c(N(C)C)nc[nH]c1=O. The predicted molar refractivity (Wildman–Crippen MR) is 76.5 cm³/mol. The average Bonchev–Trinajstić information content (AvgIpc) is 2.37. The van der Waals surface area contributed by atoms with E-state index in [0.717, 1.165) is 19.3 Å². The third-order valence-electron chi connectivity index (χ3n) is 2.94. The van der Waals surface area contributed by atoms with Crippen LogP contribution in [0.2, 0.25) is 0 Å². The van der Waals surface area contributed by atoms with Gasteiger partial charge in [-0.05, 0) is 6.42 Å². The van der Waals surface area contributed by atoms with Gasteiger partial charge in [-0.15, -0.1) is 0 Å². The maximum atomic E-state index is 12.0. The molecule has 6 nitrogen and oxygen atoms in total. The highest BCUT2D eigenvalue weighted by atomic mass is 16.2. The zero-order valence-corrected chi connectivity index (χ0v) is 12.0. The Bertz CT molecular complexity index is 482. The molecule has 0 fully saturated rings. The Labute approximate surface area is 113 Å². The lowest BCUT2D eigenvalue weighted by Crippen LogP contribution is -2.28. The Kier molecular flexibility index (Phi) is 5.54. The molecule has 0 saturated heterocycles. The normalized spacial score (nSPS) is 12.0. The number of rotatable bonds is 6. The number of nitrogens with zero attached hydrogens (tertiary/aromatic N) is 2. The summed E-state index contributed by atoms with van der Waals surface area (Å²) in [4.78, 5) is 32.1. The van der Waals surface area contributed by atoms with E-state index in [2.05, 4.69) is 22.2 Å². The summed E-state index contributed by atoms with van der Waals surface area (Å²) in [6.07, 6.45) is 4.19. The van der Waals surface area contributed by atoms with Crippen LogP contribution in [0.1, 0.15) is 33.1 Å². The summed E-state index contributed by atoms with van der Waals surface area (Å²) in [5.74, 6) is 0.199. The lowest BCUT2D eigenvalue weighted by molar-refractivity contribution is -0.119. The quantitative estimate of drug-likeness (QED) is 0.819. The van der Waals surface area contributed by atoms with Gasteiger partial charge in [-0.25, -0.2) is 4.98 Å². The van der Waals surface area contributed by atoms with Gasteiger partial charge in [0.25, 0.3) is 5.56 Å². The predicted octanol–water partition coefficient (Wildman–Crippen LogP) is 1.60. The van der Waals surface area contributed by atoms with Crippen molar-refractivity contribution in [1.29, 1.82) is 0 Å². The first-order valence-corrected chi connectivity index (χ1v) is 6.53. The number of carbonyl (C=O) groups is 1. The average molecular weight is 266 g/mol. The maximum absolute atomic E-state index is 12.0. The van der Waals surface area contributed by atoms with Crippen molar-refractivity contribution in [2.75, 3.05) is 24.3 Å². The molecule has 0 spiro atoms. The summed E-state index contributed by atoms with van der Waals surface area (Å²) in [5, 5.41) is 2.68. The molecule has 106 valence electrons. The Morgan fingerprint density at radius 2 is 2.21 bits per heavy atom. The highest BCUT2D eigenvalue weighted by Crippen LogP contribution is 2.17. The number of H-pyrrole nitrogens is 1. The number of unbranched alkanes of at least 4 members (excludes halogenated alkanes) is 1. The van der Waals surface area contributed by atoms with Crippen LogP contribution < -0.4 is 15.8 Å². The summed E-state index contributed by atoms with van der Waals surface area (Å²) in [6, 6.07) is 0. The van der Waals surface area contributed by atoms with Crippen molar-refractivity contribution < 1.29 is 4.79 Å². The number of carbonyl (C=O) groups excluding carboxylic acids is 1. The molecule has 1 atom stereocenters. The van der Waals surface area contributed by atoms with Crippen molar-refractivity contribution in [2.24, 2.45) is 5.92 Å². The van der Waals surface area contributed by atoms with E-state index in [1.54, 1.807) is 19.0 Å². The fourth-order valence-corrected chi connectivity index (χ4v) is 1.73. The Morgan fingerprint density at radius 3 is 2.79 bits per heavy atom. The van der Waals surface area contributed by atoms with Crippen LogP contribution in [0.15, 0.2) is 11.1 Å². The summed E-state index contributed by atoms with van der Waals surface area (Å²) in [5.41, 5.74) is -0.129. The Morgan fingerprint density at radius 1 is 1.53 bits per heavy atom. The first-order valence-electron chi connectivity index (χ1n) is 6.53. The van der Waals surface area contributed by atoms with E-state index < -0.39 is 0 Å². The van der Waals surface area contributed by atoms with E-state index in [1.807, 2.05) is 6.92 Å². The van der Waals surface area contributed by atoms with Crippen LogP contribution in [0.25, 0.3) is 0 Å². The van der Waals surface area contributed by atoms with Crippen LogP contribution in [0.3, 0.4) is 0 Å². The van der Waals surface area contributed by atoms with Gasteiger partial charge in [0.15, 0.2) is 11.5 Å². The molecule has 1 amide bonds. The van der Waals surface area contributed by atoms with Crippen molar-refractivity contribution in [2.45, 2.75) is 33.1 Å². The van der Waals surface area contributed by atoms with E-state index in [4.69, 9.17) is 0 Å². The maximum Gasteiger partial charge on any atom is 0.276 e. The van der Waals surface area contributed by atoms with Crippen LogP contribution in [0, 0.1) is 5.92 Å². The zero-order chi connectivity index (χ0) is 14.4. The molecule has 0 bridgehead atoms. The lowest BCUT2D eigenvalue weighted by Gasteiger charge is -2.17. The second kappa shape index (κ2) is 6.92. The molecule has 1 heterocycles. The van der Waals surface area contributed by atoms with Crippen LogP contribution >= 0.6 is 0 Å². The number of amides is 1. The van der Waals surface area contributed by atoms with Gasteiger partial charge in [0, 0.05) is 20.0 Å². The highest BCUT2D eigenvalue weighted by molar-refractivity contribution is 5.94. The smallest absolute Gasteiger partial charge is 0.276 e. The minimum atomic E-state index is -0.338. The second-order valence-corrected chi connectivity index (χ2v) is 4.86. The van der Waals surface area contributed by atoms with E-state index in [-0.39, 0.29) is 23.1 Å². The van der Waals surface area contributed by atoms with Gasteiger partial charge >= 0.3 is 0 Å². The lowest BCUT2D eigenvalue weighted by atomic mass is 10.0. The number of anilines is 2. The minimum Gasteiger partial charge on any atom is -0.361 e. The summed E-state index contributed by atoms with van der Waals surface area (Å²) in [6.45, 7) is 3.95. The van der Waals surface area contributed by atoms with Gasteiger partial charge < -0.3 is 15.2 Å². The fraction of sp³-hybridized carbons (Fsp3) is 0.615. The van der Waals surface area contributed by atoms with Crippen LogP contribution in [0.4, 0.5) is 11.5 Å². The third kappa shape index (κ3) is 4.08. The number of hydrogen-bond donors (Lipinski definition) is 2. The molecule has 1 aromatic rings. The third-order valence-corrected chi connectivity index (χ3v) is 2.94. The van der Waals surface area contributed by atoms with Crippen molar-refractivity contribution in [3.8, 4) is 0 Å². The van der Waals surface area contributed by atoms with Crippen molar-refractivity contribution in [3.05, 3.63) is 16.7 Å². The number of hydrogen-bond acceptors (Lipinski definition) is 4. The van der Waals surface area contributed by atoms with Crippen molar-refractivity contribution >= 4 is 17.4 Å². The summed E-state index contributed by atoms with van der Waals surface area (Å²) >= 11 is 0. The standard InChI is InChI=1S/C13H22N4O2/c1-5-6-7-9(2)12(18)16-10-11(17(3)4)14-8-15-13(10)19/h8-9H,5-7H2,1-4H3,(H,16,18)(H,14,15,19)/t9-/m1/s1. The minimum absolute atomic E-state index is 0.116. The van der Waals surface area contributed by atoms with Crippen LogP contribution in [-0.2, 0) is 4.79 Å². The molecular weight excluding hydrogens is 244 g/mol. The zero-order valence-electron chi connectivity index (χ0n) is 12.0. The van der Waals surface area contributed by atoms with E-state index in [0.29, 0.717) is 5.82 Å². The number of aromatic amines is 1. The Hall–Kier alpha value is -1.85. The molecule has 0 aliphatic heterocycles. The molecule has 0 saturated carbocycles. The van der Waals surface area contributed by atoms with Crippen molar-refractivity contribution in [1.82, 2.24) is 9.97 Å². The highest BCUT2D eigenvalue weighted by Gasteiger charge is 2.17. The number of nitrogens with one attached hydrogen (secondary N) is 2. The molecule has 19 heavy (non-hydrogen) atoms. The molecular formula is C13H22N4O2. The van der Waals surface area contributed by atoms with E-state index >= 15 is 0 Å². The fourth-order valence-electron chi connectivity index (χ4n) is 1.73. The van der Waals surface area contributed by atoms with Gasteiger partial charge in [-0.3, -0.25) is 9.59 Å². The molecule has 1 rings (SSSR count). The molecule has 0 radical (unpaired) electrons. The monoisotopic (exact) mass is 266 g/mol. The van der Waals surface area contributed by atoms with Gasteiger partial charge in [-0.2, -0.15) is 0 Å². The topological polar surface area (TPSA) is 78.1 Å². The van der Waals surface area contributed by atoms with E-state index in [1.165, 1.54) is 6.33 Å². The molecule has 0 aromatic carbocycles. The molecule has 6 heteroatoms. The summed E-state index contributed by atoms with van der Waals surface area (Å²) < 4.78 is 0. The molecule has 0 unspecified atom stereocenters. The van der Waals surface area contributed by atoms with E-state index in [9.17, 15) is 9.59 Å². The molecule has 1 aromatic heterocycles. The van der Waals surface area contributed by atoms with Gasteiger partial charge in [0.2, 0.25) is 5.91 Å². The van der Waals surface area contributed by atoms with Crippen molar-refractivity contribution in [3.63, 3.8) is 0 Å². The first-order chi connectivity index (χ1) is 8.97. The molecule has 2 N–H and O–H groups in total. The second-order valence-electron chi connectivity index (χ2n) is 4.86. The first kappa shape index (κ1) is 15.2. The number of aromatic nitrogens is 2. The largest absolute Gasteiger partial charge is 0.361 e. The van der Waals surface area contributed by atoms with Gasteiger partial charge in [-0.1, -0.05) is 26.7 Å². The Balaban J connectivity index is 2.87.